The van der Waals surface area contributed by atoms with Crippen LogP contribution < -0.4 is 11.3 Å². The van der Waals surface area contributed by atoms with Gasteiger partial charge < -0.3 is 5.11 Å². The Hall–Kier alpha value is -1.11. The molecule has 1 rings (SSSR count). The molecule has 1 unspecified atom stereocenters. The first kappa shape index (κ1) is 14.0. The smallest absolute Gasteiger partial charge is 0.266 e. The highest BCUT2D eigenvalue weighted by Gasteiger charge is 2.06. The second kappa shape index (κ2) is 7.26. The highest BCUT2D eigenvalue weighted by Crippen LogP contribution is 2.18. The summed E-state index contributed by atoms with van der Waals surface area (Å²) in [6.45, 7) is 2.27. The van der Waals surface area contributed by atoms with E-state index in [4.69, 9.17) is 10.9 Å². The molecule has 0 fully saturated rings. The summed E-state index contributed by atoms with van der Waals surface area (Å²) in [7, 11) is 0. The van der Waals surface area contributed by atoms with Crippen LogP contribution in [0.4, 0.5) is 0 Å². The SMILES string of the molecule is CC(CCO)SCc1ccc(C(=O)NN)cn1. The number of hydrazine groups is 1. The molecule has 0 bridgehead atoms. The summed E-state index contributed by atoms with van der Waals surface area (Å²) in [5.74, 6) is 5.45. The number of aliphatic hydroxyl groups is 1. The first-order chi connectivity index (χ1) is 8.17. The highest BCUT2D eigenvalue weighted by atomic mass is 32.2. The monoisotopic (exact) mass is 255 g/mol. The zero-order chi connectivity index (χ0) is 12.7. The molecule has 0 aliphatic rings. The second-order valence-electron chi connectivity index (χ2n) is 3.65. The van der Waals surface area contributed by atoms with E-state index < -0.39 is 0 Å². The second-order valence-corrected chi connectivity index (χ2v) is 5.07. The number of nitrogen functional groups attached to an aromatic ring is 1. The Kier molecular flexibility index (Phi) is 5.96. The molecule has 1 aromatic rings. The zero-order valence-corrected chi connectivity index (χ0v) is 10.5. The van der Waals surface area contributed by atoms with Crippen LogP contribution in [0.25, 0.3) is 0 Å². The number of nitrogens with zero attached hydrogens (tertiary/aromatic N) is 1. The van der Waals surface area contributed by atoms with Crippen LogP contribution in [0, 0.1) is 0 Å². The maximum absolute atomic E-state index is 11.2. The van der Waals surface area contributed by atoms with Crippen LogP contribution in [-0.2, 0) is 5.75 Å². The van der Waals surface area contributed by atoms with Crippen molar-refractivity contribution < 1.29 is 9.90 Å². The first-order valence-electron chi connectivity index (χ1n) is 5.35. The number of carbonyl (C=O) groups is 1. The molecule has 0 aromatic carbocycles. The maximum atomic E-state index is 11.2. The standard InChI is InChI=1S/C11H17N3O2S/c1-8(4-5-15)17-7-10-3-2-9(6-13-10)11(16)14-12/h2-3,6,8,15H,4-5,7,12H2,1H3,(H,14,16). The van der Waals surface area contributed by atoms with Gasteiger partial charge >= 0.3 is 0 Å². The van der Waals surface area contributed by atoms with Crippen molar-refractivity contribution in [2.24, 2.45) is 5.84 Å². The molecule has 0 spiro atoms. The molecular formula is C11H17N3O2S. The van der Waals surface area contributed by atoms with E-state index in [0.29, 0.717) is 10.8 Å². The Morgan fingerprint density at radius 2 is 2.41 bits per heavy atom. The quantitative estimate of drug-likeness (QED) is 0.395. The van der Waals surface area contributed by atoms with Crippen LogP contribution >= 0.6 is 11.8 Å². The molecule has 1 heterocycles. The van der Waals surface area contributed by atoms with Gasteiger partial charge in [-0.1, -0.05) is 6.92 Å². The van der Waals surface area contributed by atoms with Crippen LogP contribution in [0.2, 0.25) is 0 Å². The van der Waals surface area contributed by atoms with Gasteiger partial charge in [0, 0.05) is 23.8 Å². The summed E-state index contributed by atoms with van der Waals surface area (Å²) in [6, 6.07) is 3.50. The molecule has 1 amide bonds. The number of hydrogen-bond acceptors (Lipinski definition) is 5. The lowest BCUT2D eigenvalue weighted by Crippen LogP contribution is -2.30. The number of thioether (sulfide) groups is 1. The number of nitrogens with two attached hydrogens (primary N) is 1. The van der Waals surface area contributed by atoms with E-state index in [-0.39, 0.29) is 12.5 Å². The van der Waals surface area contributed by atoms with Gasteiger partial charge in [0.15, 0.2) is 0 Å². The number of carbonyl (C=O) groups excluding carboxylic acids is 1. The van der Waals surface area contributed by atoms with Gasteiger partial charge in [0.25, 0.3) is 5.91 Å². The molecule has 0 saturated heterocycles. The molecular weight excluding hydrogens is 238 g/mol. The van der Waals surface area contributed by atoms with Crippen molar-refractivity contribution in [1.82, 2.24) is 10.4 Å². The molecule has 0 aliphatic heterocycles. The number of amides is 1. The summed E-state index contributed by atoms with van der Waals surface area (Å²) in [6.07, 6.45) is 2.28. The summed E-state index contributed by atoms with van der Waals surface area (Å²) in [5, 5.41) is 9.17. The van der Waals surface area contributed by atoms with E-state index in [1.54, 1.807) is 17.8 Å². The third-order valence-electron chi connectivity index (χ3n) is 2.27. The van der Waals surface area contributed by atoms with Crippen LogP contribution in [0.5, 0.6) is 0 Å². The lowest BCUT2D eigenvalue weighted by atomic mass is 10.2. The zero-order valence-electron chi connectivity index (χ0n) is 9.72. The predicted molar refractivity (Wildman–Crippen MR) is 68.4 cm³/mol. The van der Waals surface area contributed by atoms with E-state index in [1.807, 2.05) is 6.07 Å². The third-order valence-corrected chi connectivity index (χ3v) is 3.54. The van der Waals surface area contributed by atoms with Crippen LogP contribution in [0.1, 0.15) is 29.4 Å². The van der Waals surface area contributed by atoms with Crippen LogP contribution in [0.15, 0.2) is 18.3 Å². The van der Waals surface area contributed by atoms with Gasteiger partial charge in [-0.3, -0.25) is 15.2 Å². The van der Waals surface area contributed by atoms with Gasteiger partial charge in [0.1, 0.15) is 0 Å². The highest BCUT2D eigenvalue weighted by molar-refractivity contribution is 7.99. The van der Waals surface area contributed by atoms with Crippen molar-refractivity contribution in [3.8, 4) is 0 Å². The molecule has 0 saturated carbocycles. The molecule has 6 heteroatoms. The van der Waals surface area contributed by atoms with Crippen molar-refractivity contribution in [2.45, 2.75) is 24.3 Å². The van der Waals surface area contributed by atoms with E-state index in [0.717, 1.165) is 17.9 Å². The van der Waals surface area contributed by atoms with Crippen molar-refractivity contribution in [1.29, 1.82) is 0 Å². The topological polar surface area (TPSA) is 88.2 Å². The average Bonchev–Trinajstić information content (AvgIpc) is 2.36. The van der Waals surface area contributed by atoms with Gasteiger partial charge in [-0.05, 0) is 18.6 Å². The maximum Gasteiger partial charge on any atom is 0.266 e. The number of hydrogen-bond donors (Lipinski definition) is 3. The van der Waals surface area contributed by atoms with E-state index in [9.17, 15) is 4.79 Å². The molecule has 0 aliphatic carbocycles. The van der Waals surface area contributed by atoms with E-state index in [1.165, 1.54) is 6.20 Å². The number of rotatable bonds is 6. The number of aromatic nitrogens is 1. The van der Waals surface area contributed by atoms with Gasteiger partial charge in [-0.2, -0.15) is 11.8 Å². The largest absolute Gasteiger partial charge is 0.396 e. The summed E-state index contributed by atoms with van der Waals surface area (Å²) >= 11 is 1.73. The van der Waals surface area contributed by atoms with Crippen molar-refractivity contribution in [3.05, 3.63) is 29.6 Å². The molecule has 94 valence electrons. The fourth-order valence-corrected chi connectivity index (χ4v) is 2.12. The molecule has 0 radical (unpaired) electrons. The third kappa shape index (κ3) is 4.72. The average molecular weight is 255 g/mol. The van der Waals surface area contributed by atoms with E-state index >= 15 is 0 Å². The van der Waals surface area contributed by atoms with Crippen LogP contribution in [-0.4, -0.2) is 27.9 Å². The number of nitrogens with one attached hydrogen (secondary N) is 1. The molecule has 17 heavy (non-hydrogen) atoms. The lowest BCUT2D eigenvalue weighted by molar-refractivity contribution is 0.0953. The normalized spacial score (nSPS) is 12.2. The predicted octanol–water partition coefficient (Wildman–Crippen LogP) is 0.689. The molecule has 4 N–H and O–H groups in total. The minimum absolute atomic E-state index is 0.206. The van der Waals surface area contributed by atoms with Gasteiger partial charge in [0.2, 0.25) is 0 Å². The Morgan fingerprint density at radius 3 is 2.94 bits per heavy atom. The minimum Gasteiger partial charge on any atom is -0.396 e. The van der Waals surface area contributed by atoms with E-state index in [2.05, 4.69) is 17.3 Å². The Labute approximate surface area is 105 Å². The molecule has 1 atom stereocenters. The summed E-state index contributed by atoms with van der Waals surface area (Å²) < 4.78 is 0. The molecule has 1 aromatic heterocycles. The number of aliphatic hydroxyl groups excluding tert-OH is 1. The Balaban J connectivity index is 2.48. The minimum atomic E-state index is -0.342. The van der Waals surface area contributed by atoms with Crippen molar-refractivity contribution in [2.75, 3.05) is 6.61 Å². The van der Waals surface area contributed by atoms with Crippen molar-refractivity contribution >= 4 is 17.7 Å². The first-order valence-corrected chi connectivity index (χ1v) is 6.40. The Bertz CT molecular complexity index is 356. The van der Waals surface area contributed by atoms with Crippen LogP contribution in [0.3, 0.4) is 0 Å². The fraction of sp³-hybridized carbons (Fsp3) is 0.455. The van der Waals surface area contributed by atoms with Gasteiger partial charge in [-0.25, -0.2) is 5.84 Å². The van der Waals surface area contributed by atoms with Crippen molar-refractivity contribution in [3.63, 3.8) is 0 Å². The van der Waals surface area contributed by atoms with Gasteiger partial charge in [-0.15, -0.1) is 0 Å². The van der Waals surface area contributed by atoms with Gasteiger partial charge in [0.05, 0.1) is 11.3 Å². The Morgan fingerprint density at radius 1 is 1.65 bits per heavy atom. The molecule has 5 nitrogen and oxygen atoms in total. The summed E-state index contributed by atoms with van der Waals surface area (Å²) in [5.41, 5.74) is 3.42. The fourth-order valence-electron chi connectivity index (χ4n) is 1.22. The summed E-state index contributed by atoms with van der Waals surface area (Å²) in [4.78, 5) is 15.3. The number of pyridine rings is 1. The lowest BCUT2D eigenvalue weighted by Gasteiger charge is -2.08.